The molecule has 0 radical (unpaired) electrons. The second-order valence-corrected chi connectivity index (χ2v) is 7.77. The number of hydrogen-bond donors (Lipinski definition) is 1. The minimum Gasteiger partial charge on any atom is -0.448 e. The summed E-state index contributed by atoms with van der Waals surface area (Å²) < 4.78 is 5.31. The number of nitrogens with one attached hydrogen (secondary N) is 1. The molecule has 1 aromatic carbocycles. The molecular formula is C18H21N3O3S. The van der Waals surface area contributed by atoms with E-state index in [0.717, 1.165) is 16.1 Å². The van der Waals surface area contributed by atoms with Gasteiger partial charge in [-0.05, 0) is 23.1 Å². The van der Waals surface area contributed by atoms with Crippen molar-refractivity contribution in [3.63, 3.8) is 0 Å². The van der Waals surface area contributed by atoms with Crippen LogP contribution >= 0.6 is 11.3 Å². The Bertz CT molecular complexity index is 814. The minimum atomic E-state index is -0.853. The molecule has 0 saturated carbocycles. The van der Waals surface area contributed by atoms with Crippen molar-refractivity contribution in [1.29, 1.82) is 0 Å². The van der Waals surface area contributed by atoms with Crippen LogP contribution in [0.15, 0.2) is 18.2 Å². The number of amides is 1. The number of ether oxygens (including phenoxy) is 1. The lowest BCUT2D eigenvalue weighted by Gasteiger charge is -2.24. The minimum absolute atomic E-state index is 0.247. The van der Waals surface area contributed by atoms with Crippen LogP contribution < -0.4 is 5.32 Å². The first-order valence-electron chi connectivity index (χ1n) is 8.33. The molecule has 132 valence electrons. The van der Waals surface area contributed by atoms with Gasteiger partial charge in [0.25, 0.3) is 5.91 Å². The normalized spacial score (nSPS) is 16.7. The van der Waals surface area contributed by atoms with Crippen LogP contribution in [0.5, 0.6) is 0 Å². The van der Waals surface area contributed by atoms with Crippen LogP contribution in [0.4, 0.5) is 5.13 Å². The fourth-order valence-electron chi connectivity index (χ4n) is 2.63. The summed E-state index contributed by atoms with van der Waals surface area (Å²) in [6, 6.07) is 5.70. The zero-order valence-electron chi connectivity index (χ0n) is 14.7. The van der Waals surface area contributed by atoms with Gasteiger partial charge in [-0.3, -0.25) is 10.1 Å². The maximum absolute atomic E-state index is 12.5. The molecule has 1 amide bonds. The lowest BCUT2D eigenvalue weighted by atomic mass is 9.92. The Morgan fingerprint density at radius 2 is 2.00 bits per heavy atom. The van der Waals surface area contributed by atoms with Gasteiger partial charge in [-0.25, -0.2) is 4.79 Å². The molecule has 1 aliphatic heterocycles. The molecule has 0 saturated heterocycles. The number of esters is 1. The van der Waals surface area contributed by atoms with Gasteiger partial charge in [0, 0.05) is 12.3 Å². The zero-order valence-corrected chi connectivity index (χ0v) is 15.5. The number of anilines is 1. The van der Waals surface area contributed by atoms with E-state index < -0.39 is 12.1 Å². The second-order valence-electron chi connectivity index (χ2n) is 6.76. The Hall–Kier alpha value is -2.28. The molecule has 3 rings (SSSR count). The second kappa shape index (κ2) is 6.92. The summed E-state index contributed by atoms with van der Waals surface area (Å²) >= 11 is 1.33. The van der Waals surface area contributed by atoms with Crippen molar-refractivity contribution in [2.45, 2.75) is 52.1 Å². The van der Waals surface area contributed by atoms with Gasteiger partial charge >= 0.3 is 5.97 Å². The topological polar surface area (TPSA) is 81.2 Å². The molecular weight excluding hydrogens is 338 g/mol. The number of carbonyl (C=O) groups excluding carboxylic acids is 2. The van der Waals surface area contributed by atoms with Crippen molar-refractivity contribution >= 4 is 28.3 Å². The first kappa shape index (κ1) is 17.5. The highest BCUT2D eigenvalue weighted by molar-refractivity contribution is 7.15. The zero-order chi connectivity index (χ0) is 18.1. The highest BCUT2D eigenvalue weighted by Gasteiger charge is 2.32. The summed E-state index contributed by atoms with van der Waals surface area (Å²) in [5.74, 6) is -0.236. The molecule has 1 aromatic heterocycles. The fraction of sp³-hybridized carbons (Fsp3) is 0.444. The molecule has 6 nitrogen and oxygen atoms in total. The Balaban J connectivity index is 1.76. The highest BCUT2D eigenvalue weighted by atomic mass is 32.1. The van der Waals surface area contributed by atoms with Gasteiger partial charge < -0.3 is 4.74 Å². The Labute approximate surface area is 150 Å². The molecule has 1 atom stereocenters. The molecule has 0 bridgehead atoms. The Morgan fingerprint density at radius 3 is 2.64 bits per heavy atom. The number of benzene rings is 1. The van der Waals surface area contributed by atoms with Crippen molar-refractivity contribution in [3.8, 4) is 0 Å². The number of cyclic esters (lactones) is 1. The first-order valence-corrected chi connectivity index (χ1v) is 9.15. The van der Waals surface area contributed by atoms with E-state index in [1.54, 1.807) is 6.07 Å². The molecule has 2 aromatic rings. The van der Waals surface area contributed by atoms with Gasteiger partial charge in [0.05, 0.1) is 5.56 Å². The summed E-state index contributed by atoms with van der Waals surface area (Å²) in [6.45, 7) is 8.21. The monoisotopic (exact) mass is 359 g/mol. The number of aromatic nitrogens is 2. The molecule has 7 heteroatoms. The van der Waals surface area contributed by atoms with Gasteiger partial charge in [0.1, 0.15) is 5.01 Å². The molecule has 25 heavy (non-hydrogen) atoms. The summed E-state index contributed by atoms with van der Waals surface area (Å²) in [6.07, 6.45) is -0.489. The maximum atomic E-state index is 12.5. The van der Waals surface area contributed by atoms with E-state index in [4.69, 9.17) is 4.74 Å². The van der Waals surface area contributed by atoms with E-state index in [9.17, 15) is 9.59 Å². The van der Waals surface area contributed by atoms with E-state index >= 15 is 0 Å². The average molecular weight is 359 g/mol. The molecule has 0 spiro atoms. The summed E-state index contributed by atoms with van der Waals surface area (Å²) in [7, 11) is 0. The van der Waals surface area contributed by atoms with E-state index in [1.165, 1.54) is 11.3 Å². The largest absolute Gasteiger partial charge is 0.448 e. The third kappa shape index (κ3) is 3.71. The van der Waals surface area contributed by atoms with Crippen molar-refractivity contribution in [2.24, 2.45) is 0 Å². The average Bonchev–Trinajstić information content (AvgIpc) is 3.03. The summed E-state index contributed by atoms with van der Waals surface area (Å²) in [5, 5.41) is 12.0. The van der Waals surface area contributed by atoms with Crippen LogP contribution in [0, 0.1) is 0 Å². The number of nitrogens with zero attached hydrogens (tertiary/aromatic N) is 2. The third-order valence-electron chi connectivity index (χ3n) is 4.13. The van der Waals surface area contributed by atoms with Crippen LogP contribution in [-0.4, -0.2) is 28.2 Å². The predicted octanol–water partition coefficient (Wildman–Crippen LogP) is 3.51. The van der Waals surface area contributed by atoms with E-state index in [0.29, 0.717) is 23.0 Å². The molecule has 1 N–H and O–H groups in total. The summed E-state index contributed by atoms with van der Waals surface area (Å²) in [4.78, 5) is 24.7. The Kier molecular flexibility index (Phi) is 4.85. The van der Waals surface area contributed by atoms with E-state index in [-0.39, 0.29) is 11.8 Å². The Morgan fingerprint density at radius 1 is 1.24 bits per heavy atom. The first-order chi connectivity index (χ1) is 11.8. The number of fused-ring (bicyclic) bond motifs is 1. The van der Waals surface area contributed by atoms with Crippen LogP contribution in [0.2, 0.25) is 0 Å². The van der Waals surface area contributed by atoms with Gasteiger partial charge in [0.2, 0.25) is 5.13 Å². The van der Waals surface area contributed by atoms with Crippen LogP contribution in [0.25, 0.3) is 0 Å². The smallest absolute Gasteiger partial charge is 0.339 e. The standard InChI is InChI=1S/C18H21N3O3S/c1-9(2)11-5-6-13-12(7-11)8-14(24-17(13)23)15(22)19-18-21-20-16(25-18)10(3)4/h5-7,9-10,14H,8H2,1-4H3,(H,19,21,22). The number of rotatable bonds is 4. The van der Waals surface area contributed by atoms with Crippen molar-refractivity contribution in [1.82, 2.24) is 10.2 Å². The molecule has 0 aliphatic carbocycles. The van der Waals surface area contributed by atoms with Gasteiger partial charge in [-0.1, -0.05) is 51.2 Å². The lowest BCUT2D eigenvalue weighted by molar-refractivity contribution is -0.125. The molecule has 0 fully saturated rings. The van der Waals surface area contributed by atoms with Gasteiger partial charge in [-0.15, -0.1) is 10.2 Å². The lowest BCUT2D eigenvalue weighted by Crippen LogP contribution is -2.38. The fourth-order valence-corrected chi connectivity index (χ4v) is 3.37. The van der Waals surface area contributed by atoms with Crippen LogP contribution in [0.1, 0.15) is 66.0 Å². The number of hydrogen-bond acceptors (Lipinski definition) is 6. The third-order valence-corrected chi connectivity index (χ3v) is 5.27. The van der Waals surface area contributed by atoms with Crippen LogP contribution in [-0.2, 0) is 16.0 Å². The van der Waals surface area contributed by atoms with E-state index in [2.05, 4.69) is 29.4 Å². The highest BCUT2D eigenvalue weighted by Crippen LogP contribution is 2.27. The quantitative estimate of drug-likeness (QED) is 0.845. The number of carbonyl (C=O) groups is 2. The van der Waals surface area contributed by atoms with Gasteiger partial charge in [-0.2, -0.15) is 0 Å². The molecule has 1 aliphatic rings. The SMILES string of the molecule is CC(C)c1ccc2c(c1)CC(C(=O)Nc1nnc(C(C)C)s1)OC2=O. The summed E-state index contributed by atoms with van der Waals surface area (Å²) in [5.41, 5.74) is 2.52. The van der Waals surface area contributed by atoms with Crippen LogP contribution in [0.3, 0.4) is 0 Å². The van der Waals surface area contributed by atoms with Gasteiger partial charge in [0.15, 0.2) is 6.10 Å². The molecule has 1 unspecified atom stereocenters. The predicted molar refractivity (Wildman–Crippen MR) is 96.1 cm³/mol. The maximum Gasteiger partial charge on any atom is 0.339 e. The van der Waals surface area contributed by atoms with Crippen molar-refractivity contribution in [3.05, 3.63) is 39.9 Å². The van der Waals surface area contributed by atoms with E-state index in [1.807, 2.05) is 26.0 Å². The van der Waals surface area contributed by atoms with Crippen molar-refractivity contribution in [2.75, 3.05) is 5.32 Å². The molecule has 2 heterocycles. The van der Waals surface area contributed by atoms with Crippen molar-refractivity contribution < 1.29 is 14.3 Å².